The molecule has 0 saturated heterocycles. The summed E-state index contributed by atoms with van der Waals surface area (Å²) in [5.74, 6) is 0. The predicted molar refractivity (Wildman–Crippen MR) is 40.7 cm³/mol. The Hall–Kier alpha value is 0.0200. The van der Waals surface area contributed by atoms with E-state index in [9.17, 15) is 8.42 Å². The monoisotopic (exact) mass is 222 g/mol. The van der Waals surface area contributed by atoms with Crippen LogP contribution in [-0.2, 0) is 18.9 Å². The van der Waals surface area contributed by atoms with Gasteiger partial charge in [-0.15, -0.1) is 0 Å². The van der Waals surface area contributed by atoms with E-state index in [1.165, 1.54) is 0 Å². The summed E-state index contributed by atoms with van der Waals surface area (Å²) in [5, 5.41) is 0. The van der Waals surface area contributed by atoms with Crippen LogP contribution < -0.4 is 0 Å². The molecule has 0 aliphatic carbocycles. The van der Waals surface area contributed by atoms with Crippen molar-refractivity contribution < 1.29 is 31.8 Å². The van der Waals surface area contributed by atoms with Crippen LogP contribution in [0, 0.1) is 0 Å². The zero-order valence-electron chi connectivity index (χ0n) is 6.54. The highest BCUT2D eigenvalue weighted by molar-refractivity contribution is 7.85. The molecular formula is C3H11O7PS. The lowest BCUT2D eigenvalue weighted by Crippen LogP contribution is -2.00. The Labute approximate surface area is 70.4 Å². The van der Waals surface area contributed by atoms with Gasteiger partial charge in [0.05, 0.1) is 12.9 Å². The van der Waals surface area contributed by atoms with Crippen molar-refractivity contribution in [2.75, 3.05) is 12.9 Å². The fraction of sp³-hybridized carbons (Fsp3) is 1.00. The summed E-state index contributed by atoms with van der Waals surface area (Å²) in [4.78, 5) is 21.6. The standard InChI is InChI=1S/C3H8O3S.H3O4P/c1-3-6-7(2,4)5;1-5(2,3)4/h3H2,1-2H3;(H3,1,2,3,4). The van der Waals surface area contributed by atoms with Gasteiger partial charge in [-0.1, -0.05) is 0 Å². The van der Waals surface area contributed by atoms with Crippen molar-refractivity contribution in [3.05, 3.63) is 0 Å². The zero-order chi connectivity index (χ0) is 10.4. The topological polar surface area (TPSA) is 121 Å². The van der Waals surface area contributed by atoms with Gasteiger partial charge in [-0.25, -0.2) is 4.57 Å². The maximum atomic E-state index is 10.0. The van der Waals surface area contributed by atoms with Gasteiger partial charge < -0.3 is 14.7 Å². The van der Waals surface area contributed by atoms with E-state index >= 15 is 0 Å². The lowest BCUT2D eigenvalue weighted by molar-refractivity contribution is 0.275. The van der Waals surface area contributed by atoms with Crippen molar-refractivity contribution in [2.45, 2.75) is 6.92 Å². The zero-order valence-corrected chi connectivity index (χ0v) is 8.25. The minimum absolute atomic E-state index is 0.221. The van der Waals surface area contributed by atoms with Crippen molar-refractivity contribution in [1.29, 1.82) is 0 Å². The predicted octanol–water partition coefficient (Wildman–Crippen LogP) is -0.946. The third-order valence-corrected chi connectivity index (χ3v) is 0.996. The Morgan fingerprint density at radius 2 is 1.58 bits per heavy atom. The highest BCUT2D eigenvalue weighted by Gasteiger charge is 2.00. The summed E-state index contributed by atoms with van der Waals surface area (Å²) in [7, 11) is -7.81. The first-order valence-corrected chi connectivity index (χ1v) is 6.07. The summed E-state index contributed by atoms with van der Waals surface area (Å²) in [6.07, 6.45) is 1.02. The molecule has 12 heavy (non-hydrogen) atoms. The Morgan fingerprint density at radius 1 is 1.33 bits per heavy atom. The van der Waals surface area contributed by atoms with Crippen LogP contribution in [-0.4, -0.2) is 36.0 Å². The molecule has 0 atom stereocenters. The maximum Gasteiger partial charge on any atom is 0.466 e. The molecule has 0 aliphatic rings. The van der Waals surface area contributed by atoms with E-state index < -0.39 is 17.9 Å². The van der Waals surface area contributed by atoms with Gasteiger partial charge in [-0.3, -0.25) is 4.18 Å². The Balaban J connectivity index is 0. The second kappa shape index (κ2) is 5.63. The fourth-order valence-corrected chi connectivity index (χ4v) is 0.642. The first-order chi connectivity index (χ1) is 5.06. The summed E-state index contributed by atoms with van der Waals surface area (Å²) in [6, 6.07) is 0. The van der Waals surface area contributed by atoms with Crippen molar-refractivity contribution in [3.8, 4) is 0 Å². The van der Waals surface area contributed by atoms with Crippen molar-refractivity contribution in [1.82, 2.24) is 0 Å². The average Bonchev–Trinajstić information content (AvgIpc) is 1.54. The minimum atomic E-state index is -4.64. The largest absolute Gasteiger partial charge is 0.466 e. The molecule has 0 heterocycles. The molecule has 0 unspecified atom stereocenters. The molecule has 0 aromatic rings. The van der Waals surface area contributed by atoms with Crippen LogP contribution in [0.25, 0.3) is 0 Å². The minimum Gasteiger partial charge on any atom is -0.303 e. The van der Waals surface area contributed by atoms with E-state index in [2.05, 4.69) is 4.18 Å². The van der Waals surface area contributed by atoms with E-state index in [0.29, 0.717) is 0 Å². The molecule has 0 spiro atoms. The van der Waals surface area contributed by atoms with Gasteiger partial charge in [0.1, 0.15) is 0 Å². The van der Waals surface area contributed by atoms with Crippen LogP contribution in [0.3, 0.4) is 0 Å². The molecule has 0 aliphatic heterocycles. The third-order valence-electron chi connectivity index (χ3n) is 0.332. The Morgan fingerprint density at radius 3 is 1.58 bits per heavy atom. The highest BCUT2D eigenvalue weighted by Crippen LogP contribution is 2.25. The molecule has 9 heteroatoms. The van der Waals surface area contributed by atoms with Gasteiger partial charge in [-0.2, -0.15) is 8.42 Å². The molecule has 0 aromatic heterocycles. The molecule has 3 N–H and O–H groups in total. The Kier molecular flexibility index (Phi) is 6.82. The maximum absolute atomic E-state index is 10.0. The molecular weight excluding hydrogens is 211 g/mol. The molecule has 7 nitrogen and oxygen atoms in total. The van der Waals surface area contributed by atoms with Crippen molar-refractivity contribution in [2.24, 2.45) is 0 Å². The van der Waals surface area contributed by atoms with Crippen LogP contribution in [0.1, 0.15) is 6.92 Å². The van der Waals surface area contributed by atoms with E-state index in [0.717, 1.165) is 6.26 Å². The first kappa shape index (κ1) is 14.5. The molecule has 0 fully saturated rings. The lowest BCUT2D eigenvalue weighted by atomic mass is 10.9. The quantitative estimate of drug-likeness (QED) is 0.407. The second-order valence-electron chi connectivity index (χ2n) is 1.62. The van der Waals surface area contributed by atoms with Gasteiger partial charge in [0.2, 0.25) is 0 Å². The van der Waals surface area contributed by atoms with Crippen LogP contribution in [0.5, 0.6) is 0 Å². The first-order valence-electron chi connectivity index (χ1n) is 2.69. The molecule has 0 saturated carbocycles. The van der Waals surface area contributed by atoms with Gasteiger partial charge in [0.15, 0.2) is 0 Å². The smallest absolute Gasteiger partial charge is 0.303 e. The number of hydrogen-bond acceptors (Lipinski definition) is 4. The molecule has 0 aromatic carbocycles. The summed E-state index contributed by atoms with van der Waals surface area (Å²) in [5.41, 5.74) is 0. The van der Waals surface area contributed by atoms with Crippen molar-refractivity contribution in [3.63, 3.8) is 0 Å². The number of rotatable bonds is 2. The van der Waals surface area contributed by atoms with Gasteiger partial charge in [-0.05, 0) is 6.92 Å². The van der Waals surface area contributed by atoms with E-state index in [4.69, 9.17) is 19.2 Å². The third kappa shape index (κ3) is 50.4. The normalized spacial score (nSPS) is 11.8. The van der Waals surface area contributed by atoms with Gasteiger partial charge in [0, 0.05) is 0 Å². The summed E-state index contributed by atoms with van der Waals surface area (Å²) in [6.45, 7) is 1.85. The SMILES string of the molecule is CCOS(C)(=O)=O.O=P(O)(O)O. The van der Waals surface area contributed by atoms with Crippen LogP contribution in [0.15, 0.2) is 0 Å². The van der Waals surface area contributed by atoms with E-state index in [-0.39, 0.29) is 6.61 Å². The van der Waals surface area contributed by atoms with E-state index in [1.54, 1.807) is 6.92 Å². The van der Waals surface area contributed by atoms with Crippen LogP contribution in [0.2, 0.25) is 0 Å². The fourth-order valence-electron chi connectivity index (χ4n) is 0.214. The average molecular weight is 222 g/mol. The van der Waals surface area contributed by atoms with Crippen LogP contribution >= 0.6 is 7.82 Å². The number of phosphoric acid groups is 1. The summed E-state index contributed by atoms with van der Waals surface area (Å²) >= 11 is 0. The molecule has 0 rings (SSSR count). The Bertz CT molecular complexity index is 229. The van der Waals surface area contributed by atoms with E-state index in [1.807, 2.05) is 0 Å². The molecule has 0 radical (unpaired) electrons. The molecule has 76 valence electrons. The second-order valence-corrected chi connectivity index (χ2v) is 4.29. The van der Waals surface area contributed by atoms with Crippen LogP contribution in [0.4, 0.5) is 0 Å². The van der Waals surface area contributed by atoms with Gasteiger partial charge in [0.25, 0.3) is 10.1 Å². The summed E-state index contributed by atoms with van der Waals surface area (Å²) < 4.78 is 33.1. The van der Waals surface area contributed by atoms with Crippen molar-refractivity contribution >= 4 is 17.9 Å². The molecule has 0 bridgehead atoms. The van der Waals surface area contributed by atoms with Gasteiger partial charge >= 0.3 is 7.82 Å². The molecule has 0 amide bonds. The highest BCUT2D eigenvalue weighted by atomic mass is 32.2. The number of hydrogen-bond donors (Lipinski definition) is 3. The lowest BCUT2D eigenvalue weighted by Gasteiger charge is -1.90.